The highest BCUT2D eigenvalue weighted by molar-refractivity contribution is 6.06. The van der Waals surface area contributed by atoms with Gasteiger partial charge in [-0.15, -0.1) is 0 Å². The summed E-state index contributed by atoms with van der Waals surface area (Å²) in [5.74, 6) is 0.121. The van der Waals surface area contributed by atoms with Crippen LogP contribution in [-0.4, -0.2) is 33.5 Å². The molecule has 1 saturated heterocycles. The summed E-state index contributed by atoms with van der Waals surface area (Å²) in [6, 6.07) is 12.1. The first-order valence-electron chi connectivity index (χ1n) is 11.2. The van der Waals surface area contributed by atoms with Crippen LogP contribution in [0.25, 0.3) is 16.9 Å². The third-order valence-electron chi connectivity index (χ3n) is 5.82. The lowest BCUT2D eigenvalue weighted by atomic mass is 9.99. The van der Waals surface area contributed by atoms with Crippen molar-refractivity contribution in [3.05, 3.63) is 77.5 Å². The van der Waals surface area contributed by atoms with Gasteiger partial charge in [0.1, 0.15) is 17.3 Å². The highest BCUT2D eigenvalue weighted by atomic mass is 19.1. The fraction of sp³-hybridized carbons (Fsp3) is 0.240. The van der Waals surface area contributed by atoms with Gasteiger partial charge in [-0.25, -0.2) is 14.4 Å². The minimum absolute atomic E-state index is 0.154. The average molecular weight is 461 g/mol. The SMILES string of the molecule is C1CCOC1.NCc1cccc(Nc2ccc(-c3cnc4cc(F)ccn34)c3c2C(=O)NC3)n1. The van der Waals surface area contributed by atoms with Gasteiger partial charge in [0.25, 0.3) is 5.91 Å². The lowest BCUT2D eigenvalue weighted by Gasteiger charge is -2.13. The van der Waals surface area contributed by atoms with Crippen LogP contribution < -0.4 is 16.4 Å². The maximum absolute atomic E-state index is 13.5. The van der Waals surface area contributed by atoms with Gasteiger partial charge >= 0.3 is 0 Å². The zero-order chi connectivity index (χ0) is 23.5. The molecule has 4 N–H and O–H groups in total. The molecule has 0 spiro atoms. The van der Waals surface area contributed by atoms with Crippen molar-refractivity contribution in [1.82, 2.24) is 19.7 Å². The molecule has 34 heavy (non-hydrogen) atoms. The number of imidazole rings is 1. The van der Waals surface area contributed by atoms with E-state index in [-0.39, 0.29) is 11.7 Å². The van der Waals surface area contributed by atoms with Crippen molar-refractivity contribution < 1.29 is 13.9 Å². The number of carbonyl (C=O) groups is 1. The number of pyridine rings is 2. The van der Waals surface area contributed by atoms with E-state index in [9.17, 15) is 9.18 Å². The van der Waals surface area contributed by atoms with E-state index in [2.05, 4.69) is 20.6 Å². The zero-order valence-electron chi connectivity index (χ0n) is 18.6. The van der Waals surface area contributed by atoms with E-state index in [4.69, 9.17) is 10.5 Å². The van der Waals surface area contributed by atoms with Crippen molar-refractivity contribution in [1.29, 1.82) is 0 Å². The summed E-state index contributed by atoms with van der Waals surface area (Å²) in [5.41, 5.74) is 10.7. The first-order valence-corrected chi connectivity index (χ1v) is 11.2. The number of hydrogen-bond donors (Lipinski definition) is 3. The smallest absolute Gasteiger partial charge is 0.254 e. The van der Waals surface area contributed by atoms with Crippen LogP contribution >= 0.6 is 0 Å². The Hall–Kier alpha value is -3.82. The molecule has 0 atom stereocenters. The van der Waals surface area contributed by atoms with Crippen LogP contribution in [0.4, 0.5) is 15.9 Å². The van der Waals surface area contributed by atoms with Crippen molar-refractivity contribution in [2.45, 2.75) is 25.9 Å². The lowest BCUT2D eigenvalue weighted by Crippen LogP contribution is -2.13. The number of halogens is 1. The number of nitrogens with zero attached hydrogens (tertiary/aromatic N) is 3. The predicted molar refractivity (Wildman–Crippen MR) is 127 cm³/mol. The Kier molecular flexibility index (Phi) is 6.20. The Bertz CT molecular complexity index is 1340. The zero-order valence-corrected chi connectivity index (χ0v) is 18.6. The maximum Gasteiger partial charge on any atom is 0.254 e. The van der Waals surface area contributed by atoms with Crippen LogP contribution in [0.5, 0.6) is 0 Å². The van der Waals surface area contributed by atoms with Gasteiger partial charge < -0.3 is 21.1 Å². The van der Waals surface area contributed by atoms with Crippen LogP contribution in [-0.2, 0) is 17.8 Å². The van der Waals surface area contributed by atoms with Gasteiger partial charge in [0.2, 0.25) is 0 Å². The van der Waals surface area contributed by atoms with E-state index in [0.717, 1.165) is 35.7 Å². The molecule has 174 valence electrons. The quantitative estimate of drug-likeness (QED) is 0.428. The molecule has 1 fully saturated rings. The number of benzene rings is 1. The van der Waals surface area contributed by atoms with Gasteiger partial charge in [-0.3, -0.25) is 9.20 Å². The fourth-order valence-corrected chi connectivity index (χ4v) is 4.16. The van der Waals surface area contributed by atoms with E-state index in [1.807, 2.05) is 30.3 Å². The number of nitrogens with two attached hydrogens (primary N) is 1. The summed E-state index contributed by atoms with van der Waals surface area (Å²) in [6.07, 6.45) is 5.88. The molecule has 2 aliphatic heterocycles. The molecule has 1 amide bonds. The van der Waals surface area contributed by atoms with Crippen molar-refractivity contribution in [3.63, 3.8) is 0 Å². The highest BCUT2D eigenvalue weighted by Gasteiger charge is 2.27. The Morgan fingerprint density at radius 2 is 2.03 bits per heavy atom. The summed E-state index contributed by atoms with van der Waals surface area (Å²) in [7, 11) is 0. The Labute approximate surface area is 196 Å². The molecule has 9 heteroatoms. The maximum atomic E-state index is 13.5. The van der Waals surface area contributed by atoms with Crippen molar-refractivity contribution in [2.75, 3.05) is 18.5 Å². The third-order valence-corrected chi connectivity index (χ3v) is 5.82. The molecule has 0 radical (unpaired) electrons. The molecule has 0 saturated carbocycles. The first-order chi connectivity index (χ1) is 16.6. The molecule has 1 aromatic carbocycles. The summed E-state index contributed by atoms with van der Waals surface area (Å²) in [6.45, 7) is 2.74. The molecule has 6 rings (SSSR count). The van der Waals surface area contributed by atoms with E-state index >= 15 is 0 Å². The minimum atomic E-state index is -0.344. The second-order valence-corrected chi connectivity index (χ2v) is 8.08. The molecule has 0 bridgehead atoms. The van der Waals surface area contributed by atoms with Gasteiger partial charge in [-0.05, 0) is 42.7 Å². The topological polar surface area (TPSA) is 107 Å². The second-order valence-electron chi connectivity index (χ2n) is 8.08. The van der Waals surface area contributed by atoms with Gasteiger partial charge in [0.15, 0.2) is 0 Å². The van der Waals surface area contributed by atoms with Gasteiger partial charge in [-0.1, -0.05) is 12.1 Å². The van der Waals surface area contributed by atoms with Gasteiger partial charge in [0.05, 0.1) is 28.8 Å². The largest absolute Gasteiger partial charge is 0.381 e. The van der Waals surface area contributed by atoms with E-state index < -0.39 is 0 Å². The number of aromatic nitrogens is 3. The van der Waals surface area contributed by atoms with Crippen molar-refractivity contribution in [2.24, 2.45) is 5.73 Å². The lowest BCUT2D eigenvalue weighted by molar-refractivity contribution is 0.0966. The average Bonchev–Trinajstić information content (AvgIpc) is 3.62. The Morgan fingerprint density at radius 1 is 1.18 bits per heavy atom. The molecular formula is C25H25FN6O2. The van der Waals surface area contributed by atoms with Crippen LogP contribution in [0.2, 0.25) is 0 Å². The Balaban J connectivity index is 0.000000429. The normalized spacial score (nSPS) is 14.5. The van der Waals surface area contributed by atoms with E-state index in [0.29, 0.717) is 35.8 Å². The fourth-order valence-electron chi connectivity index (χ4n) is 4.16. The number of amides is 1. The van der Waals surface area contributed by atoms with Crippen LogP contribution in [0, 0.1) is 5.82 Å². The molecule has 0 aliphatic carbocycles. The highest BCUT2D eigenvalue weighted by Crippen LogP contribution is 2.35. The van der Waals surface area contributed by atoms with Crippen molar-refractivity contribution in [3.8, 4) is 11.3 Å². The van der Waals surface area contributed by atoms with Gasteiger partial charge in [0, 0.05) is 44.1 Å². The molecule has 3 aromatic heterocycles. The van der Waals surface area contributed by atoms with Gasteiger partial charge in [-0.2, -0.15) is 0 Å². The minimum Gasteiger partial charge on any atom is -0.381 e. The third kappa shape index (κ3) is 4.35. The molecule has 8 nitrogen and oxygen atoms in total. The number of hydrogen-bond acceptors (Lipinski definition) is 6. The Morgan fingerprint density at radius 3 is 2.79 bits per heavy atom. The number of carbonyl (C=O) groups excluding carboxylic acids is 1. The van der Waals surface area contributed by atoms with E-state index in [1.165, 1.54) is 25.0 Å². The summed E-state index contributed by atoms with van der Waals surface area (Å²) in [5, 5.41) is 6.11. The summed E-state index contributed by atoms with van der Waals surface area (Å²) in [4.78, 5) is 21.3. The number of nitrogens with one attached hydrogen (secondary N) is 2. The standard InChI is InChI=1S/C21H17FN6O.C4H8O/c22-12-6-7-28-17(11-24-19(28)8-12)14-4-5-16(20-15(14)10-25-21(20)29)27-18-3-1-2-13(9-23)26-18;1-2-4-5-3-1/h1-8,11H,9-10,23H2,(H,25,29)(H,26,27);1-4H2. The van der Waals surface area contributed by atoms with Crippen LogP contribution in [0.15, 0.2) is 54.9 Å². The monoisotopic (exact) mass is 460 g/mol. The molecule has 4 aromatic rings. The number of fused-ring (bicyclic) bond motifs is 2. The van der Waals surface area contributed by atoms with E-state index in [1.54, 1.807) is 16.8 Å². The first kappa shape index (κ1) is 22.0. The van der Waals surface area contributed by atoms with Crippen LogP contribution in [0.3, 0.4) is 0 Å². The molecule has 5 heterocycles. The van der Waals surface area contributed by atoms with Crippen LogP contribution in [0.1, 0.15) is 34.5 Å². The molecule has 0 unspecified atom stereocenters. The summed E-state index contributed by atoms with van der Waals surface area (Å²) >= 11 is 0. The number of ether oxygens (including phenoxy) is 1. The number of anilines is 2. The second kappa shape index (κ2) is 9.58. The summed E-state index contributed by atoms with van der Waals surface area (Å²) < 4.78 is 20.3. The molecule has 2 aliphatic rings. The molecular weight excluding hydrogens is 435 g/mol. The predicted octanol–water partition coefficient (Wildman–Crippen LogP) is 3.78. The van der Waals surface area contributed by atoms with Crippen molar-refractivity contribution >= 4 is 23.1 Å². The number of rotatable bonds is 4.